The van der Waals surface area contributed by atoms with Crippen molar-refractivity contribution in [1.29, 1.82) is 0 Å². The molecule has 0 saturated carbocycles. The van der Waals surface area contributed by atoms with Crippen molar-refractivity contribution >= 4 is 30.1 Å². The Morgan fingerprint density at radius 2 is 2.07 bits per heavy atom. The monoisotopic (exact) mass is 254 g/mol. The van der Waals surface area contributed by atoms with E-state index >= 15 is 0 Å². The molecule has 92 valence electrons. The highest BCUT2D eigenvalue weighted by Gasteiger charge is 2.19. The lowest BCUT2D eigenvalue weighted by molar-refractivity contribution is -0.122. The average molecular weight is 255 g/mol. The van der Waals surface area contributed by atoms with Gasteiger partial charge in [-0.3, -0.25) is 4.79 Å². The van der Waals surface area contributed by atoms with Crippen molar-refractivity contribution in [2.24, 2.45) is 5.73 Å². The molecule has 1 atom stereocenters. The van der Waals surface area contributed by atoms with Crippen LogP contribution in [0.2, 0.25) is 0 Å². The molecular formula is C10H23ClN2OS. The summed E-state index contributed by atoms with van der Waals surface area (Å²) in [5.74, 6) is -0.0334. The van der Waals surface area contributed by atoms with Gasteiger partial charge < -0.3 is 11.1 Å². The first-order valence-electron chi connectivity index (χ1n) is 5.01. The van der Waals surface area contributed by atoms with Gasteiger partial charge in [-0.2, -0.15) is 11.8 Å². The first-order chi connectivity index (χ1) is 6.43. The van der Waals surface area contributed by atoms with E-state index < -0.39 is 0 Å². The van der Waals surface area contributed by atoms with Crippen LogP contribution in [0.3, 0.4) is 0 Å². The molecule has 0 aliphatic rings. The minimum absolute atomic E-state index is 0. The number of carbonyl (C=O) groups is 1. The third-order valence-corrected chi connectivity index (χ3v) is 3.43. The molecule has 0 bridgehead atoms. The van der Waals surface area contributed by atoms with Crippen LogP contribution in [-0.2, 0) is 4.79 Å². The van der Waals surface area contributed by atoms with Gasteiger partial charge in [0.2, 0.25) is 5.91 Å². The Bertz CT molecular complexity index is 188. The lowest BCUT2D eigenvalue weighted by Gasteiger charge is -2.23. The van der Waals surface area contributed by atoms with Crippen LogP contribution >= 0.6 is 24.2 Å². The number of rotatable bonds is 6. The molecule has 0 aliphatic heterocycles. The summed E-state index contributed by atoms with van der Waals surface area (Å²) < 4.78 is 0.0849. The van der Waals surface area contributed by atoms with E-state index in [2.05, 4.69) is 19.2 Å². The fourth-order valence-corrected chi connectivity index (χ4v) is 1.16. The molecule has 0 aromatic rings. The van der Waals surface area contributed by atoms with Crippen LogP contribution in [0.4, 0.5) is 0 Å². The van der Waals surface area contributed by atoms with Gasteiger partial charge in [0.05, 0.1) is 6.04 Å². The van der Waals surface area contributed by atoms with Gasteiger partial charge in [-0.05, 0) is 26.5 Å². The largest absolute Gasteiger partial charge is 0.353 e. The van der Waals surface area contributed by atoms with Crippen LogP contribution in [0.1, 0.15) is 33.6 Å². The predicted molar refractivity (Wildman–Crippen MR) is 70.7 cm³/mol. The fraction of sp³-hybridized carbons (Fsp3) is 0.900. The highest BCUT2D eigenvalue weighted by molar-refractivity contribution is 7.99. The number of nitrogens with two attached hydrogens (primary N) is 1. The van der Waals surface area contributed by atoms with E-state index in [-0.39, 0.29) is 29.1 Å². The van der Waals surface area contributed by atoms with Crippen molar-refractivity contribution in [3.8, 4) is 0 Å². The number of nitrogens with one attached hydrogen (secondary N) is 1. The minimum Gasteiger partial charge on any atom is -0.353 e. The van der Waals surface area contributed by atoms with E-state index in [1.54, 1.807) is 11.8 Å². The molecule has 5 heteroatoms. The second-order valence-corrected chi connectivity index (χ2v) is 5.59. The van der Waals surface area contributed by atoms with Crippen molar-refractivity contribution < 1.29 is 4.79 Å². The zero-order chi connectivity index (χ0) is 11.2. The van der Waals surface area contributed by atoms with Gasteiger partial charge in [0.1, 0.15) is 0 Å². The molecule has 0 heterocycles. The number of hydrogen-bond donors (Lipinski definition) is 2. The van der Waals surface area contributed by atoms with Crippen molar-refractivity contribution in [3.63, 3.8) is 0 Å². The summed E-state index contributed by atoms with van der Waals surface area (Å²) in [5.41, 5.74) is 5.68. The molecule has 0 aromatic heterocycles. The van der Waals surface area contributed by atoms with E-state index in [1.807, 2.05) is 13.2 Å². The second kappa shape index (κ2) is 8.25. The molecule has 3 nitrogen and oxygen atoms in total. The summed E-state index contributed by atoms with van der Waals surface area (Å²) in [6.07, 6.45) is 3.74. The highest BCUT2D eigenvalue weighted by Crippen LogP contribution is 2.19. The van der Waals surface area contributed by atoms with Crippen LogP contribution in [0, 0.1) is 0 Å². The predicted octanol–water partition coefficient (Wildman–Crippen LogP) is 1.79. The summed E-state index contributed by atoms with van der Waals surface area (Å²) in [5, 5.41) is 2.87. The molecule has 1 unspecified atom stereocenters. The molecule has 0 saturated heterocycles. The molecule has 1 amide bonds. The Kier molecular flexibility index (Phi) is 9.60. The molecule has 0 radical (unpaired) electrons. The van der Waals surface area contributed by atoms with Gasteiger partial charge in [0, 0.05) is 11.3 Å². The van der Waals surface area contributed by atoms with Gasteiger partial charge in [0.25, 0.3) is 0 Å². The zero-order valence-corrected chi connectivity index (χ0v) is 11.6. The number of hydrogen-bond acceptors (Lipinski definition) is 3. The van der Waals surface area contributed by atoms with Crippen molar-refractivity contribution in [1.82, 2.24) is 5.32 Å². The average Bonchev–Trinajstić information content (AvgIpc) is 2.15. The van der Waals surface area contributed by atoms with Crippen LogP contribution in [0.25, 0.3) is 0 Å². The maximum Gasteiger partial charge on any atom is 0.236 e. The highest BCUT2D eigenvalue weighted by atomic mass is 35.5. The van der Waals surface area contributed by atoms with Gasteiger partial charge in [-0.15, -0.1) is 12.4 Å². The molecule has 15 heavy (non-hydrogen) atoms. The SMILES string of the molecule is CCCC(N)C(=O)NCC(C)(C)SC.Cl. The van der Waals surface area contributed by atoms with E-state index in [0.29, 0.717) is 6.54 Å². The van der Waals surface area contributed by atoms with Crippen molar-refractivity contribution in [2.75, 3.05) is 12.8 Å². The standard InChI is InChI=1S/C10H22N2OS.ClH/c1-5-6-8(11)9(13)12-7-10(2,3)14-4;/h8H,5-7,11H2,1-4H3,(H,12,13);1H. The maximum absolute atomic E-state index is 11.5. The lowest BCUT2D eigenvalue weighted by atomic mass is 10.1. The third-order valence-electron chi connectivity index (χ3n) is 2.18. The molecule has 0 fully saturated rings. The molecular weight excluding hydrogens is 232 g/mol. The number of carbonyl (C=O) groups excluding carboxylic acids is 1. The van der Waals surface area contributed by atoms with E-state index in [9.17, 15) is 4.79 Å². The summed E-state index contributed by atoms with van der Waals surface area (Å²) in [4.78, 5) is 11.5. The smallest absolute Gasteiger partial charge is 0.236 e. The number of amides is 1. The minimum atomic E-state index is -0.349. The summed E-state index contributed by atoms with van der Waals surface area (Å²) >= 11 is 1.74. The van der Waals surface area contributed by atoms with Crippen molar-refractivity contribution in [3.05, 3.63) is 0 Å². The van der Waals surface area contributed by atoms with E-state index in [1.165, 1.54) is 0 Å². The summed E-state index contributed by atoms with van der Waals surface area (Å²) in [6, 6.07) is -0.349. The topological polar surface area (TPSA) is 55.1 Å². The Morgan fingerprint density at radius 3 is 2.47 bits per heavy atom. The van der Waals surface area contributed by atoms with Gasteiger partial charge in [-0.25, -0.2) is 0 Å². The Labute approximate surface area is 103 Å². The lowest BCUT2D eigenvalue weighted by Crippen LogP contribution is -2.45. The van der Waals surface area contributed by atoms with Gasteiger partial charge >= 0.3 is 0 Å². The first-order valence-corrected chi connectivity index (χ1v) is 6.24. The summed E-state index contributed by atoms with van der Waals surface area (Å²) in [6.45, 7) is 6.90. The van der Waals surface area contributed by atoms with Gasteiger partial charge in [-0.1, -0.05) is 13.3 Å². The molecule has 0 aliphatic carbocycles. The third kappa shape index (κ3) is 7.94. The van der Waals surface area contributed by atoms with E-state index in [4.69, 9.17) is 5.73 Å². The Hall–Kier alpha value is 0.0700. The van der Waals surface area contributed by atoms with Crippen molar-refractivity contribution in [2.45, 2.75) is 44.4 Å². The van der Waals surface area contributed by atoms with Crippen LogP contribution in [0.5, 0.6) is 0 Å². The maximum atomic E-state index is 11.5. The van der Waals surface area contributed by atoms with Crippen LogP contribution in [-0.4, -0.2) is 29.5 Å². The summed E-state index contributed by atoms with van der Waals surface area (Å²) in [7, 11) is 0. The number of halogens is 1. The second-order valence-electron chi connectivity index (χ2n) is 4.08. The Balaban J connectivity index is 0. The quantitative estimate of drug-likeness (QED) is 0.760. The molecule has 3 N–H and O–H groups in total. The van der Waals surface area contributed by atoms with Crippen LogP contribution in [0.15, 0.2) is 0 Å². The van der Waals surface area contributed by atoms with E-state index in [0.717, 1.165) is 12.8 Å². The van der Waals surface area contributed by atoms with Crippen LogP contribution < -0.4 is 11.1 Å². The molecule has 0 spiro atoms. The first kappa shape index (κ1) is 17.5. The van der Waals surface area contributed by atoms with Gasteiger partial charge in [0.15, 0.2) is 0 Å². The Morgan fingerprint density at radius 1 is 1.53 bits per heavy atom. The normalized spacial score (nSPS) is 12.9. The molecule has 0 rings (SSSR count). The number of thioether (sulfide) groups is 1. The zero-order valence-electron chi connectivity index (χ0n) is 10.0. The molecule has 0 aromatic carbocycles. The fourth-order valence-electron chi connectivity index (χ4n) is 0.945.